The second-order valence-corrected chi connectivity index (χ2v) is 7.48. The van der Waals surface area contributed by atoms with Crippen LogP contribution in [0.25, 0.3) is 0 Å². The lowest BCUT2D eigenvalue weighted by Gasteiger charge is -2.18. The van der Waals surface area contributed by atoms with E-state index in [1.165, 1.54) is 0 Å². The van der Waals surface area contributed by atoms with Crippen LogP contribution in [-0.4, -0.2) is 39.4 Å². The highest BCUT2D eigenvalue weighted by molar-refractivity contribution is 5.94. The molecule has 1 aliphatic heterocycles. The number of hydrogen-bond acceptors (Lipinski definition) is 6. The van der Waals surface area contributed by atoms with Gasteiger partial charge < -0.3 is 14.4 Å². The van der Waals surface area contributed by atoms with Crippen molar-refractivity contribution in [2.75, 3.05) is 13.8 Å². The quantitative estimate of drug-likeness (QED) is 0.446. The van der Waals surface area contributed by atoms with Crippen molar-refractivity contribution in [3.05, 3.63) is 80.7 Å². The third-order valence-electron chi connectivity index (χ3n) is 5.26. The number of aromatic nitrogens is 2. The average molecular weight is 422 g/mol. The number of aryl methyl sites for hydroxylation is 1. The standard InChI is InChI=1S/C22H22N4O5/c1-14-21(26(28)29)15(2)25(23-14)12-16-4-7-18(8-5-16)22(27)24(3)11-17-6-9-19-20(10-17)31-13-30-19/h4-10H,11-13H2,1-3H3. The van der Waals surface area contributed by atoms with Gasteiger partial charge in [0, 0.05) is 19.2 Å². The van der Waals surface area contributed by atoms with Crippen LogP contribution >= 0.6 is 0 Å². The summed E-state index contributed by atoms with van der Waals surface area (Å²) < 4.78 is 12.3. The predicted octanol–water partition coefficient (Wildman–Crippen LogP) is 3.46. The molecule has 0 unspecified atom stereocenters. The van der Waals surface area contributed by atoms with Gasteiger partial charge in [0.2, 0.25) is 6.79 Å². The van der Waals surface area contributed by atoms with E-state index in [4.69, 9.17) is 9.47 Å². The van der Waals surface area contributed by atoms with E-state index in [0.717, 1.165) is 11.1 Å². The monoisotopic (exact) mass is 422 g/mol. The van der Waals surface area contributed by atoms with Crippen LogP contribution in [0.2, 0.25) is 0 Å². The zero-order valence-corrected chi connectivity index (χ0v) is 17.5. The summed E-state index contributed by atoms with van der Waals surface area (Å²) in [7, 11) is 1.75. The molecule has 3 aromatic rings. The van der Waals surface area contributed by atoms with Gasteiger partial charge in [-0.2, -0.15) is 5.10 Å². The SMILES string of the molecule is Cc1nn(Cc2ccc(C(=O)N(C)Cc3ccc4c(c3)OCO4)cc2)c(C)c1[N+](=O)[O-]. The number of amides is 1. The number of benzene rings is 2. The minimum Gasteiger partial charge on any atom is -0.454 e. The van der Waals surface area contributed by atoms with Crippen LogP contribution in [0, 0.1) is 24.0 Å². The number of carbonyl (C=O) groups is 1. The van der Waals surface area contributed by atoms with Crippen LogP contribution in [0.4, 0.5) is 5.69 Å². The van der Waals surface area contributed by atoms with Crippen molar-refractivity contribution in [1.29, 1.82) is 0 Å². The first-order valence-electron chi connectivity index (χ1n) is 9.75. The highest BCUT2D eigenvalue weighted by Gasteiger charge is 2.22. The van der Waals surface area contributed by atoms with Gasteiger partial charge in [-0.05, 0) is 49.2 Å². The molecule has 0 saturated heterocycles. The Morgan fingerprint density at radius 3 is 2.48 bits per heavy atom. The first kappa shape index (κ1) is 20.4. The van der Waals surface area contributed by atoms with Gasteiger partial charge in [0.25, 0.3) is 5.91 Å². The van der Waals surface area contributed by atoms with Gasteiger partial charge in [0.1, 0.15) is 11.4 Å². The fourth-order valence-electron chi connectivity index (χ4n) is 3.64. The molecule has 0 bridgehead atoms. The van der Waals surface area contributed by atoms with Gasteiger partial charge in [-0.25, -0.2) is 0 Å². The second-order valence-electron chi connectivity index (χ2n) is 7.48. The number of fused-ring (bicyclic) bond motifs is 1. The first-order valence-corrected chi connectivity index (χ1v) is 9.75. The number of hydrogen-bond donors (Lipinski definition) is 0. The Morgan fingerprint density at radius 2 is 1.81 bits per heavy atom. The maximum Gasteiger partial charge on any atom is 0.312 e. The first-order chi connectivity index (χ1) is 14.8. The summed E-state index contributed by atoms with van der Waals surface area (Å²) >= 11 is 0. The molecule has 160 valence electrons. The number of nitrogens with zero attached hydrogens (tertiary/aromatic N) is 4. The smallest absolute Gasteiger partial charge is 0.312 e. The van der Waals surface area contributed by atoms with Crippen LogP contribution in [0.5, 0.6) is 11.5 Å². The van der Waals surface area contributed by atoms with Crippen molar-refractivity contribution in [2.24, 2.45) is 0 Å². The molecule has 0 saturated carbocycles. The molecule has 2 heterocycles. The highest BCUT2D eigenvalue weighted by atomic mass is 16.7. The molecule has 0 aliphatic carbocycles. The van der Waals surface area contributed by atoms with Crippen molar-refractivity contribution in [2.45, 2.75) is 26.9 Å². The molecule has 4 rings (SSSR count). The van der Waals surface area contributed by atoms with E-state index in [1.807, 2.05) is 30.3 Å². The van der Waals surface area contributed by atoms with Gasteiger partial charge >= 0.3 is 5.69 Å². The Labute approximate surface area is 179 Å². The van der Waals surface area contributed by atoms with E-state index in [2.05, 4.69) is 5.10 Å². The lowest BCUT2D eigenvalue weighted by Crippen LogP contribution is -2.26. The number of carbonyl (C=O) groups excluding carboxylic acids is 1. The van der Waals surface area contributed by atoms with Crippen LogP contribution < -0.4 is 9.47 Å². The van der Waals surface area contributed by atoms with Gasteiger partial charge in [-0.3, -0.25) is 19.6 Å². The molecule has 9 heteroatoms. The Morgan fingerprint density at radius 1 is 1.13 bits per heavy atom. The maximum atomic E-state index is 12.8. The van der Waals surface area contributed by atoms with E-state index in [-0.39, 0.29) is 18.4 Å². The summed E-state index contributed by atoms with van der Waals surface area (Å²) in [5, 5.41) is 15.4. The molecule has 2 aromatic carbocycles. The summed E-state index contributed by atoms with van der Waals surface area (Å²) in [5.41, 5.74) is 3.34. The molecule has 0 N–H and O–H groups in total. The van der Waals surface area contributed by atoms with Crippen molar-refractivity contribution in [3.8, 4) is 11.5 Å². The number of rotatable bonds is 6. The molecule has 1 amide bonds. The van der Waals surface area contributed by atoms with E-state index < -0.39 is 4.92 Å². The third kappa shape index (κ3) is 4.07. The molecule has 31 heavy (non-hydrogen) atoms. The summed E-state index contributed by atoms with van der Waals surface area (Å²) in [6.45, 7) is 4.35. The van der Waals surface area contributed by atoms with Crippen molar-refractivity contribution >= 4 is 11.6 Å². The lowest BCUT2D eigenvalue weighted by atomic mass is 10.1. The Balaban J connectivity index is 1.43. The van der Waals surface area contributed by atoms with Crippen molar-refractivity contribution in [3.63, 3.8) is 0 Å². The van der Waals surface area contributed by atoms with E-state index in [0.29, 0.717) is 41.5 Å². The fourth-order valence-corrected chi connectivity index (χ4v) is 3.64. The molecule has 0 atom stereocenters. The second kappa shape index (κ2) is 8.10. The van der Waals surface area contributed by atoms with E-state index in [1.54, 1.807) is 42.6 Å². The zero-order chi connectivity index (χ0) is 22.1. The van der Waals surface area contributed by atoms with Crippen LogP contribution in [0.15, 0.2) is 42.5 Å². The van der Waals surface area contributed by atoms with Crippen molar-refractivity contribution in [1.82, 2.24) is 14.7 Å². The molecule has 0 radical (unpaired) electrons. The van der Waals surface area contributed by atoms with Gasteiger partial charge in [-0.15, -0.1) is 0 Å². The Kier molecular flexibility index (Phi) is 5.33. The minimum atomic E-state index is -0.411. The molecule has 0 spiro atoms. The van der Waals surface area contributed by atoms with Gasteiger partial charge in [0.05, 0.1) is 11.5 Å². The van der Waals surface area contributed by atoms with Gasteiger partial charge in [0.15, 0.2) is 11.5 Å². The minimum absolute atomic E-state index is 0.0388. The molecule has 0 fully saturated rings. The lowest BCUT2D eigenvalue weighted by molar-refractivity contribution is -0.386. The molecular formula is C22H22N4O5. The largest absolute Gasteiger partial charge is 0.454 e. The van der Waals surface area contributed by atoms with Crippen LogP contribution in [-0.2, 0) is 13.1 Å². The summed E-state index contributed by atoms with van der Waals surface area (Å²) in [6, 6.07) is 12.8. The maximum absolute atomic E-state index is 12.8. The molecule has 1 aliphatic rings. The normalized spacial score (nSPS) is 12.1. The van der Waals surface area contributed by atoms with Gasteiger partial charge in [-0.1, -0.05) is 18.2 Å². The van der Waals surface area contributed by atoms with E-state index >= 15 is 0 Å². The Bertz CT molecular complexity index is 1150. The Hall–Kier alpha value is -3.88. The van der Waals surface area contributed by atoms with Crippen LogP contribution in [0.1, 0.15) is 32.9 Å². The highest BCUT2D eigenvalue weighted by Crippen LogP contribution is 2.32. The summed E-state index contributed by atoms with van der Waals surface area (Å²) in [5.74, 6) is 1.29. The third-order valence-corrected chi connectivity index (χ3v) is 5.26. The predicted molar refractivity (Wildman–Crippen MR) is 112 cm³/mol. The van der Waals surface area contributed by atoms with Crippen LogP contribution in [0.3, 0.4) is 0 Å². The van der Waals surface area contributed by atoms with Crippen molar-refractivity contribution < 1.29 is 19.2 Å². The summed E-state index contributed by atoms with van der Waals surface area (Å²) in [4.78, 5) is 25.2. The topological polar surface area (TPSA) is 99.7 Å². The summed E-state index contributed by atoms with van der Waals surface area (Å²) in [6.07, 6.45) is 0. The number of ether oxygens (including phenoxy) is 2. The molecular weight excluding hydrogens is 400 g/mol. The molecule has 1 aromatic heterocycles. The zero-order valence-electron chi connectivity index (χ0n) is 17.5. The average Bonchev–Trinajstić information content (AvgIpc) is 3.31. The number of nitro groups is 1. The fraction of sp³-hybridized carbons (Fsp3) is 0.273. The van der Waals surface area contributed by atoms with E-state index in [9.17, 15) is 14.9 Å². The molecule has 9 nitrogen and oxygen atoms in total.